The Kier molecular flexibility index (Phi) is 5.82. The van der Waals surface area contributed by atoms with E-state index in [9.17, 15) is 14.4 Å². The molecule has 2 aromatic heterocycles. The van der Waals surface area contributed by atoms with Crippen LogP contribution in [0.25, 0.3) is 6.08 Å². The van der Waals surface area contributed by atoms with Crippen molar-refractivity contribution in [1.29, 1.82) is 0 Å². The summed E-state index contributed by atoms with van der Waals surface area (Å²) in [5.41, 5.74) is 3.37. The van der Waals surface area contributed by atoms with Crippen LogP contribution < -0.4 is 10.2 Å². The van der Waals surface area contributed by atoms with Crippen LogP contribution in [-0.4, -0.2) is 49.4 Å². The number of rotatable bonds is 7. The molecule has 1 aliphatic rings. The van der Waals surface area contributed by atoms with Crippen molar-refractivity contribution in [2.75, 3.05) is 20.8 Å². The second-order valence-electron chi connectivity index (χ2n) is 5.84. The predicted molar refractivity (Wildman–Crippen MR) is 100 cm³/mol. The molecule has 0 unspecified atom stereocenters. The first-order valence-electron chi connectivity index (χ1n) is 8.66. The second kappa shape index (κ2) is 8.46. The molecule has 0 bridgehead atoms. The fraction of sp³-hybridized carbons (Fsp3) is 0.263. The lowest BCUT2D eigenvalue weighted by atomic mass is 10.0. The Labute approximate surface area is 165 Å². The summed E-state index contributed by atoms with van der Waals surface area (Å²) in [6, 6.07) is 3.31. The van der Waals surface area contributed by atoms with E-state index in [4.69, 9.17) is 18.6 Å². The van der Waals surface area contributed by atoms with Crippen molar-refractivity contribution in [2.45, 2.75) is 13.3 Å². The third-order valence-electron chi connectivity index (χ3n) is 4.13. The van der Waals surface area contributed by atoms with E-state index < -0.39 is 17.8 Å². The van der Waals surface area contributed by atoms with Crippen molar-refractivity contribution in [2.24, 2.45) is 5.10 Å². The Hall–Kier alpha value is -3.82. The number of ether oxygens (including phenoxy) is 3. The fourth-order valence-electron chi connectivity index (χ4n) is 2.85. The van der Waals surface area contributed by atoms with Gasteiger partial charge >= 0.3 is 11.9 Å². The number of carbonyl (C=O) groups is 3. The van der Waals surface area contributed by atoms with E-state index >= 15 is 0 Å². The minimum Gasteiger partial charge on any atom is -0.479 e. The van der Waals surface area contributed by atoms with Gasteiger partial charge in [0.1, 0.15) is 5.71 Å². The molecule has 3 rings (SSSR count). The maximum atomic E-state index is 12.5. The van der Waals surface area contributed by atoms with Crippen molar-refractivity contribution in [3.05, 3.63) is 46.6 Å². The quantitative estimate of drug-likeness (QED) is 0.530. The van der Waals surface area contributed by atoms with Crippen molar-refractivity contribution in [3.63, 3.8) is 0 Å². The number of methoxy groups -OCH3 is 2. The lowest BCUT2D eigenvalue weighted by molar-refractivity contribution is -0.139. The molecule has 3 heterocycles. The Morgan fingerprint density at radius 2 is 2.07 bits per heavy atom. The first kappa shape index (κ1) is 19.9. The molecule has 1 amide bonds. The molecule has 0 fully saturated rings. The summed E-state index contributed by atoms with van der Waals surface area (Å²) in [4.78, 5) is 39.6. The molecule has 29 heavy (non-hydrogen) atoms. The van der Waals surface area contributed by atoms with Crippen LogP contribution in [0.1, 0.15) is 34.3 Å². The molecule has 0 radical (unpaired) electrons. The number of hydrazone groups is 1. The number of aromatic nitrogens is 1. The Balaban J connectivity index is 2.15. The molecule has 0 saturated carbocycles. The maximum Gasteiger partial charge on any atom is 0.340 e. The number of hydrogen-bond acceptors (Lipinski definition) is 8. The summed E-state index contributed by atoms with van der Waals surface area (Å²) in [7, 11) is 2.46. The van der Waals surface area contributed by atoms with Crippen molar-refractivity contribution in [1.82, 2.24) is 10.4 Å². The van der Waals surface area contributed by atoms with Gasteiger partial charge in [0.2, 0.25) is 0 Å². The van der Waals surface area contributed by atoms with Gasteiger partial charge < -0.3 is 23.6 Å². The Morgan fingerprint density at radius 3 is 2.69 bits per heavy atom. The van der Waals surface area contributed by atoms with Crippen LogP contribution in [0.4, 0.5) is 0 Å². The third-order valence-corrected chi connectivity index (χ3v) is 4.13. The number of aromatic amines is 1. The number of nitrogens with zero attached hydrogens (tertiary/aromatic N) is 1. The highest BCUT2D eigenvalue weighted by molar-refractivity contribution is 6.32. The van der Waals surface area contributed by atoms with Crippen LogP contribution in [0.2, 0.25) is 0 Å². The summed E-state index contributed by atoms with van der Waals surface area (Å²) >= 11 is 0. The van der Waals surface area contributed by atoms with Gasteiger partial charge in [-0.05, 0) is 25.1 Å². The minimum absolute atomic E-state index is 0.0624. The van der Waals surface area contributed by atoms with E-state index in [1.165, 1.54) is 26.6 Å². The van der Waals surface area contributed by atoms with Gasteiger partial charge in [0.05, 0.1) is 50.3 Å². The van der Waals surface area contributed by atoms with Crippen molar-refractivity contribution >= 4 is 29.6 Å². The molecule has 0 aromatic carbocycles. The topological polar surface area (TPSA) is 132 Å². The van der Waals surface area contributed by atoms with Gasteiger partial charge in [0.25, 0.3) is 5.91 Å². The molecular formula is C19H19N3O7. The molecule has 2 N–H and O–H groups in total. The van der Waals surface area contributed by atoms with Crippen LogP contribution in [0, 0.1) is 0 Å². The van der Waals surface area contributed by atoms with E-state index in [0.717, 1.165) is 0 Å². The average molecular weight is 401 g/mol. The molecule has 0 aliphatic carbocycles. The molecule has 10 heteroatoms. The molecular weight excluding hydrogens is 382 g/mol. The van der Waals surface area contributed by atoms with Gasteiger partial charge in [-0.15, -0.1) is 0 Å². The van der Waals surface area contributed by atoms with Crippen LogP contribution in [-0.2, 0) is 25.5 Å². The van der Waals surface area contributed by atoms with E-state index in [1.54, 1.807) is 19.1 Å². The standard InChI is InChI=1S/C19H19N3O7/c1-4-28-18-10(9-14(23)26-2)15(19(25)27-3)12(20-18)8-11-16(21-22-17(11)24)13-6-5-7-29-13/h5-8,20H,4,9H2,1-3H3,(H,22,24)/b11-8+. The lowest BCUT2D eigenvalue weighted by Gasteiger charge is -2.06. The second-order valence-corrected chi connectivity index (χ2v) is 5.84. The summed E-state index contributed by atoms with van der Waals surface area (Å²) < 4.78 is 20.4. The van der Waals surface area contributed by atoms with Crippen LogP contribution in [0.5, 0.6) is 5.88 Å². The van der Waals surface area contributed by atoms with Crippen LogP contribution >= 0.6 is 0 Å². The number of nitrogens with one attached hydrogen (secondary N) is 2. The molecule has 0 saturated heterocycles. The summed E-state index contributed by atoms with van der Waals surface area (Å²) in [6.45, 7) is 2.04. The molecule has 10 nitrogen and oxygen atoms in total. The zero-order valence-corrected chi connectivity index (χ0v) is 16.0. The third kappa shape index (κ3) is 3.91. The van der Waals surface area contributed by atoms with Crippen molar-refractivity contribution in [3.8, 4) is 5.88 Å². The fourth-order valence-corrected chi connectivity index (χ4v) is 2.85. The smallest absolute Gasteiger partial charge is 0.340 e. The van der Waals surface area contributed by atoms with E-state index in [2.05, 4.69) is 15.5 Å². The van der Waals surface area contributed by atoms with E-state index in [-0.39, 0.29) is 47.0 Å². The Morgan fingerprint density at radius 1 is 1.28 bits per heavy atom. The highest BCUT2D eigenvalue weighted by Gasteiger charge is 2.30. The Bertz CT molecular complexity index is 999. The van der Waals surface area contributed by atoms with Gasteiger partial charge in [-0.2, -0.15) is 5.10 Å². The van der Waals surface area contributed by atoms with Gasteiger partial charge in [-0.3, -0.25) is 9.59 Å². The van der Waals surface area contributed by atoms with E-state index in [1.807, 2.05) is 0 Å². The van der Waals surface area contributed by atoms with E-state index in [0.29, 0.717) is 5.76 Å². The van der Waals surface area contributed by atoms with Gasteiger partial charge in [0, 0.05) is 5.56 Å². The highest BCUT2D eigenvalue weighted by atomic mass is 16.5. The number of esters is 2. The number of amides is 1. The molecule has 152 valence electrons. The molecule has 1 aliphatic heterocycles. The van der Waals surface area contributed by atoms with Gasteiger partial charge in [0.15, 0.2) is 11.6 Å². The summed E-state index contributed by atoms with van der Waals surface area (Å²) in [5.74, 6) is -1.16. The first-order valence-corrected chi connectivity index (χ1v) is 8.66. The number of hydrogen-bond donors (Lipinski definition) is 2. The zero-order valence-electron chi connectivity index (χ0n) is 16.0. The summed E-state index contributed by atoms with van der Waals surface area (Å²) in [5, 5.41) is 3.98. The van der Waals surface area contributed by atoms with Gasteiger partial charge in [-0.1, -0.05) is 0 Å². The van der Waals surface area contributed by atoms with Gasteiger partial charge in [-0.25, -0.2) is 10.2 Å². The maximum absolute atomic E-state index is 12.5. The van der Waals surface area contributed by atoms with Crippen molar-refractivity contribution < 1.29 is 33.0 Å². The predicted octanol–water partition coefficient (Wildman–Crippen LogP) is 1.43. The normalized spacial score (nSPS) is 14.5. The number of H-pyrrole nitrogens is 1. The number of furan rings is 1. The molecule has 0 spiro atoms. The highest BCUT2D eigenvalue weighted by Crippen LogP contribution is 2.30. The summed E-state index contributed by atoms with van der Waals surface area (Å²) in [6.07, 6.45) is 2.66. The van der Waals surface area contributed by atoms with Crippen LogP contribution in [0.15, 0.2) is 33.5 Å². The average Bonchev–Trinajstić information content (AvgIpc) is 3.43. The molecule has 0 atom stereocenters. The zero-order chi connectivity index (χ0) is 21.0. The molecule has 2 aromatic rings. The first-order chi connectivity index (χ1) is 14.0. The largest absolute Gasteiger partial charge is 0.479 e. The monoisotopic (exact) mass is 401 g/mol. The minimum atomic E-state index is -0.701. The number of carbonyl (C=O) groups excluding carboxylic acids is 3. The lowest BCUT2D eigenvalue weighted by Crippen LogP contribution is -2.14. The SMILES string of the molecule is CCOc1[nH]c(/C=C2/C(=O)NN=C2c2ccco2)c(C(=O)OC)c1CC(=O)OC. The van der Waals surface area contributed by atoms with Crippen LogP contribution in [0.3, 0.4) is 0 Å².